The van der Waals surface area contributed by atoms with E-state index < -0.39 is 0 Å². The van der Waals surface area contributed by atoms with Gasteiger partial charge in [-0.1, -0.05) is 23.7 Å². The smallest absolute Gasteiger partial charge is 0.138 e. The van der Waals surface area contributed by atoms with Crippen molar-refractivity contribution in [1.82, 2.24) is 10.2 Å². The van der Waals surface area contributed by atoms with Gasteiger partial charge in [0.1, 0.15) is 13.7 Å². The maximum Gasteiger partial charge on any atom is 0.138 e. The lowest BCUT2D eigenvalue weighted by molar-refractivity contribution is 0.358. The number of hydrogen-bond acceptors (Lipinski definition) is 4. The molecule has 4 nitrogen and oxygen atoms in total. The molecule has 0 atom stereocenters. The molecule has 0 saturated carbocycles. The first-order chi connectivity index (χ1) is 11.2. The summed E-state index contributed by atoms with van der Waals surface area (Å²) in [6.45, 7) is 3.91. The minimum absolute atomic E-state index is 0.742. The fourth-order valence-electron chi connectivity index (χ4n) is 3.29. The maximum atomic E-state index is 6.00. The largest absolute Gasteiger partial charge is 0.353 e. The van der Waals surface area contributed by atoms with E-state index >= 15 is 0 Å². The minimum Gasteiger partial charge on any atom is -0.353 e. The topological polar surface area (TPSA) is 30.9 Å². The Morgan fingerprint density at radius 3 is 2.65 bits per heavy atom. The molecule has 0 unspecified atom stereocenters. The summed E-state index contributed by atoms with van der Waals surface area (Å²) in [5, 5.41) is 3.40. The molecule has 23 heavy (non-hydrogen) atoms. The van der Waals surface area contributed by atoms with Crippen molar-refractivity contribution in [3.8, 4) is 0 Å². The lowest BCUT2D eigenvalue weighted by Gasteiger charge is -2.31. The second-order valence-corrected chi connectivity index (χ2v) is 6.00. The first-order valence-corrected chi connectivity index (χ1v) is 8.01. The zero-order valence-corrected chi connectivity index (χ0v) is 13.3. The van der Waals surface area contributed by atoms with Gasteiger partial charge < -0.3 is 15.1 Å². The normalized spacial score (nSPS) is 17.2. The lowest BCUT2D eigenvalue weighted by atomic mass is 9.95. The van der Waals surface area contributed by atoms with Gasteiger partial charge in [-0.15, -0.1) is 0 Å². The molecule has 2 aromatic carbocycles. The van der Waals surface area contributed by atoms with Crippen molar-refractivity contribution < 1.29 is 0 Å². The minimum atomic E-state index is 0.742. The number of piperazine rings is 1. The van der Waals surface area contributed by atoms with Crippen LogP contribution in [0, 0.1) is 0 Å². The van der Waals surface area contributed by atoms with Crippen molar-refractivity contribution in [2.24, 2.45) is 4.99 Å². The lowest BCUT2D eigenvalue weighted by Crippen LogP contribution is -2.46. The fourth-order valence-corrected chi connectivity index (χ4v) is 3.29. The standard InChI is InChI=1S/C18H19BN4/c1-22-16-5-3-2-4-14(16)18(23-10-8-20-9-11-23)21-15-12-13(19)6-7-17(15)22/h2-7,12,20H,8-11H2,1H3. The van der Waals surface area contributed by atoms with E-state index in [2.05, 4.69) is 46.4 Å². The molecule has 2 radical (unpaired) electrons. The van der Waals surface area contributed by atoms with Crippen molar-refractivity contribution in [1.29, 1.82) is 0 Å². The highest BCUT2D eigenvalue weighted by atomic mass is 15.2. The molecular weight excluding hydrogens is 283 g/mol. The Labute approximate surface area is 138 Å². The summed E-state index contributed by atoms with van der Waals surface area (Å²) in [7, 11) is 8.08. The number of fused-ring (bicyclic) bond motifs is 2. The van der Waals surface area contributed by atoms with Crippen molar-refractivity contribution >= 4 is 36.2 Å². The van der Waals surface area contributed by atoms with Crippen LogP contribution in [0.3, 0.4) is 0 Å². The number of anilines is 2. The predicted molar refractivity (Wildman–Crippen MR) is 97.0 cm³/mol. The van der Waals surface area contributed by atoms with Crippen LogP contribution in [0.25, 0.3) is 0 Å². The van der Waals surface area contributed by atoms with Crippen LogP contribution < -0.4 is 15.7 Å². The van der Waals surface area contributed by atoms with Gasteiger partial charge in [-0.05, 0) is 24.3 Å². The average molecular weight is 302 g/mol. The van der Waals surface area contributed by atoms with E-state index in [0.717, 1.165) is 48.9 Å². The molecule has 2 aromatic rings. The monoisotopic (exact) mass is 302 g/mol. The molecule has 1 fully saturated rings. The van der Waals surface area contributed by atoms with Gasteiger partial charge >= 0.3 is 0 Å². The maximum absolute atomic E-state index is 6.00. The number of benzene rings is 2. The SMILES string of the molecule is [B]c1ccc2c(c1)N=C(N1CCNCC1)c1ccccc1N2C. The summed E-state index contributed by atoms with van der Waals surface area (Å²) in [5.74, 6) is 1.04. The van der Waals surface area contributed by atoms with E-state index in [1.54, 1.807) is 0 Å². The van der Waals surface area contributed by atoms with Gasteiger partial charge in [0.05, 0.1) is 17.1 Å². The average Bonchev–Trinajstić information content (AvgIpc) is 2.71. The van der Waals surface area contributed by atoms with Gasteiger partial charge in [-0.3, -0.25) is 0 Å². The predicted octanol–water partition coefficient (Wildman–Crippen LogP) is 1.55. The third-order valence-electron chi connectivity index (χ3n) is 4.51. The van der Waals surface area contributed by atoms with E-state index in [4.69, 9.17) is 12.8 Å². The number of nitrogens with zero attached hydrogens (tertiary/aromatic N) is 3. The third-order valence-corrected chi connectivity index (χ3v) is 4.51. The summed E-state index contributed by atoms with van der Waals surface area (Å²) in [5.41, 5.74) is 5.10. The molecule has 0 amide bonds. The fraction of sp³-hybridized carbons (Fsp3) is 0.278. The summed E-state index contributed by atoms with van der Waals surface area (Å²) >= 11 is 0. The Balaban J connectivity index is 1.92. The number of amidine groups is 1. The van der Waals surface area contributed by atoms with Crippen LogP contribution in [-0.2, 0) is 0 Å². The van der Waals surface area contributed by atoms with Crippen LogP contribution in [0.4, 0.5) is 17.1 Å². The number of hydrogen-bond donors (Lipinski definition) is 1. The van der Waals surface area contributed by atoms with E-state index in [9.17, 15) is 0 Å². The van der Waals surface area contributed by atoms with Crippen LogP contribution in [0.2, 0.25) is 0 Å². The summed E-state index contributed by atoms with van der Waals surface area (Å²) in [6.07, 6.45) is 0. The number of aliphatic imine (C=N–C) groups is 1. The van der Waals surface area contributed by atoms with Crippen molar-refractivity contribution in [3.05, 3.63) is 48.0 Å². The second kappa shape index (κ2) is 5.74. The molecule has 0 aliphatic carbocycles. The first-order valence-electron chi connectivity index (χ1n) is 8.01. The molecule has 0 aromatic heterocycles. The van der Waals surface area contributed by atoms with E-state index in [1.807, 2.05) is 18.2 Å². The Morgan fingerprint density at radius 1 is 1.04 bits per heavy atom. The zero-order valence-electron chi connectivity index (χ0n) is 13.3. The Bertz CT molecular complexity index is 765. The molecule has 2 aliphatic rings. The zero-order chi connectivity index (χ0) is 15.8. The third kappa shape index (κ3) is 2.51. The molecule has 4 rings (SSSR count). The van der Waals surface area contributed by atoms with Gasteiger partial charge in [-0.25, -0.2) is 4.99 Å². The molecule has 114 valence electrons. The summed E-state index contributed by atoms with van der Waals surface area (Å²) in [4.78, 5) is 9.57. The highest BCUT2D eigenvalue weighted by Crippen LogP contribution is 2.38. The molecule has 0 spiro atoms. The van der Waals surface area contributed by atoms with Crippen LogP contribution in [-0.4, -0.2) is 51.8 Å². The summed E-state index contributed by atoms with van der Waals surface area (Å²) < 4.78 is 0. The van der Waals surface area contributed by atoms with Gasteiger partial charge in [0.25, 0.3) is 0 Å². The molecule has 2 heterocycles. The second-order valence-electron chi connectivity index (χ2n) is 6.00. The van der Waals surface area contributed by atoms with Gasteiger partial charge in [-0.2, -0.15) is 0 Å². The number of nitrogens with one attached hydrogen (secondary N) is 1. The van der Waals surface area contributed by atoms with E-state index in [-0.39, 0.29) is 0 Å². The molecular formula is C18H19BN4. The number of para-hydroxylation sites is 1. The molecule has 1 N–H and O–H groups in total. The molecule has 5 heteroatoms. The van der Waals surface area contributed by atoms with Gasteiger partial charge in [0.2, 0.25) is 0 Å². The highest BCUT2D eigenvalue weighted by Gasteiger charge is 2.24. The van der Waals surface area contributed by atoms with Gasteiger partial charge in [0.15, 0.2) is 0 Å². The van der Waals surface area contributed by atoms with Crippen LogP contribution in [0.15, 0.2) is 47.5 Å². The Hall–Kier alpha value is -2.27. The molecule has 2 aliphatic heterocycles. The van der Waals surface area contributed by atoms with Crippen molar-refractivity contribution in [3.63, 3.8) is 0 Å². The van der Waals surface area contributed by atoms with Crippen LogP contribution in [0.1, 0.15) is 5.56 Å². The molecule has 0 bridgehead atoms. The van der Waals surface area contributed by atoms with Crippen molar-refractivity contribution in [2.45, 2.75) is 0 Å². The van der Waals surface area contributed by atoms with E-state index in [0.29, 0.717) is 0 Å². The van der Waals surface area contributed by atoms with Crippen LogP contribution >= 0.6 is 0 Å². The summed E-state index contributed by atoms with van der Waals surface area (Å²) in [6, 6.07) is 14.4. The Kier molecular flexibility index (Phi) is 3.58. The molecule has 1 saturated heterocycles. The highest BCUT2D eigenvalue weighted by molar-refractivity contribution is 6.32. The van der Waals surface area contributed by atoms with Gasteiger partial charge in [0, 0.05) is 38.8 Å². The van der Waals surface area contributed by atoms with Crippen LogP contribution in [0.5, 0.6) is 0 Å². The van der Waals surface area contributed by atoms with Crippen molar-refractivity contribution in [2.75, 3.05) is 38.1 Å². The quantitative estimate of drug-likeness (QED) is 0.749. The Morgan fingerprint density at radius 2 is 1.83 bits per heavy atom. The first kappa shape index (κ1) is 14.3. The van der Waals surface area contributed by atoms with E-state index in [1.165, 1.54) is 11.3 Å². The number of rotatable bonds is 0.